The Balaban J connectivity index is 2.08. The number of pyridine rings is 1. The van der Waals surface area contributed by atoms with Crippen molar-refractivity contribution in [1.82, 2.24) is 15.0 Å². The fourth-order valence-electron chi connectivity index (χ4n) is 1.85. The molecule has 0 aliphatic carbocycles. The topological polar surface area (TPSA) is 70.7 Å². The van der Waals surface area contributed by atoms with E-state index in [4.69, 9.17) is 0 Å². The molecule has 0 radical (unpaired) electrons. The molecule has 19 heavy (non-hydrogen) atoms. The lowest BCUT2D eigenvalue weighted by atomic mass is 10.3. The summed E-state index contributed by atoms with van der Waals surface area (Å²) in [6, 6.07) is 7.44. The molecule has 0 unspecified atom stereocenters. The van der Waals surface area contributed by atoms with E-state index in [1.54, 1.807) is 18.5 Å². The number of benzene rings is 1. The fourth-order valence-corrected chi connectivity index (χ4v) is 2.21. The smallest absolute Gasteiger partial charge is 0.211 e. The van der Waals surface area contributed by atoms with Gasteiger partial charge in [0.15, 0.2) is 0 Å². The third-order valence-corrected chi connectivity index (χ3v) is 3.12. The highest BCUT2D eigenvalue weighted by molar-refractivity contribution is 9.10. The summed E-state index contributed by atoms with van der Waals surface area (Å²) in [6.45, 7) is 0. The number of anilines is 1. The van der Waals surface area contributed by atoms with Crippen LogP contribution in [0.3, 0.4) is 0 Å². The van der Waals surface area contributed by atoms with Crippen LogP contribution in [-0.2, 0) is 4.79 Å². The van der Waals surface area contributed by atoms with Crippen molar-refractivity contribution in [2.45, 2.75) is 0 Å². The van der Waals surface area contributed by atoms with Gasteiger partial charge < -0.3 is 10.3 Å². The first-order valence-electron chi connectivity index (χ1n) is 5.57. The van der Waals surface area contributed by atoms with Gasteiger partial charge in [-0.3, -0.25) is 9.78 Å². The summed E-state index contributed by atoms with van der Waals surface area (Å²) in [6.07, 6.45) is 4.11. The number of amides is 1. The molecule has 2 aromatic heterocycles. The first kappa shape index (κ1) is 11.9. The second-order valence-electron chi connectivity index (χ2n) is 3.97. The molecule has 1 aromatic carbocycles. The first-order valence-corrected chi connectivity index (χ1v) is 6.36. The molecule has 0 fully saturated rings. The molecule has 0 aliphatic heterocycles. The molecule has 5 nitrogen and oxygen atoms in total. The zero-order valence-corrected chi connectivity index (χ0v) is 11.3. The third kappa shape index (κ3) is 2.34. The molecule has 0 atom stereocenters. The molecule has 0 bridgehead atoms. The number of nitrogens with zero attached hydrogens (tertiary/aromatic N) is 2. The number of hydrogen-bond acceptors (Lipinski definition) is 3. The van der Waals surface area contributed by atoms with Gasteiger partial charge >= 0.3 is 0 Å². The van der Waals surface area contributed by atoms with Crippen LogP contribution in [0.1, 0.15) is 0 Å². The van der Waals surface area contributed by atoms with E-state index in [-0.39, 0.29) is 0 Å². The maximum atomic E-state index is 10.4. The zero-order chi connectivity index (χ0) is 13.2. The summed E-state index contributed by atoms with van der Waals surface area (Å²) in [4.78, 5) is 22.2. The molecule has 0 spiro atoms. The highest BCUT2D eigenvalue weighted by atomic mass is 79.9. The number of rotatable bonds is 3. The van der Waals surface area contributed by atoms with Gasteiger partial charge in [0.25, 0.3) is 0 Å². The number of carbonyl (C=O) groups is 1. The summed E-state index contributed by atoms with van der Waals surface area (Å²) in [7, 11) is 0. The van der Waals surface area contributed by atoms with Gasteiger partial charge in [0, 0.05) is 28.1 Å². The summed E-state index contributed by atoms with van der Waals surface area (Å²) in [5, 5.41) is 2.61. The van der Waals surface area contributed by atoms with E-state index in [9.17, 15) is 4.79 Å². The largest absolute Gasteiger partial charge is 0.338 e. The minimum atomic E-state index is 0.649. The molecular formula is C13H9BrN4O. The molecule has 1 amide bonds. The van der Waals surface area contributed by atoms with Gasteiger partial charge in [0.2, 0.25) is 6.41 Å². The van der Waals surface area contributed by atoms with Crippen molar-refractivity contribution in [2.75, 3.05) is 5.32 Å². The van der Waals surface area contributed by atoms with Crippen LogP contribution in [0.15, 0.2) is 41.1 Å². The molecule has 3 rings (SSSR count). The molecule has 94 valence electrons. The number of aromatic nitrogens is 3. The maximum Gasteiger partial charge on any atom is 0.211 e. The molecule has 0 aliphatic rings. The number of carbonyl (C=O) groups excluding carboxylic acids is 1. The highest BCUT2D eigenvalue weighted by Gasteiger charge is 2.06. The van der Waals surface area contributed by atoms with E-state index in [0.717, 1.165) is 32.6 Å². The van der Waals surface area contributed by atoms with Crippen molar-refractivity contribution < 1.29 is 4.79 Å². The molecule has 0 saturated heterocycles. The Morgan fingerprint density at radius 1 is 1.26 bits per heavy atom. The van der Waals surface area contributed by atoms with Crippen molar-refractivity contribution >= 4 is 39.1 Å². The third-order valence-electron chi connectivity index (χ3n) is 2.69. The predicted octanol–water partition coefficient (Wildman–Crippen LogP) is 2.96. The lowest BCUT2D eigenvalue weighted by molar-refractivity contribution is -0.105. The van der Waals surface area contributed by atoms with Crippen LogP contribution in [0.4, 0.5) is 5.69 Å². The lowest BCUT2D eigenvalue weighted by Crippen LogP contribution is -1.92. The average Bonchev–Trinajstić information content (AvgIpc) is 2.82. The standard InChI is InChI=1S/C13H9BrN4O/c14-9-3-8(5-15-6-9)13-17-11-2-1-10(16-7-19)4-12(11)18-13/h1-7H,(H,16,19)(H,17,18). The predicted molar refractivity (Wildman–Crippen MR) is 76.7 cm³/mol. The van der Waals surface area contributed by atoms with Crippen molar-refractivity contribution in [3.8, 4) is 11.4 Å². The highest BCUT2D eigenvalue weighted by Crippen LogP contribution is 2.23. The average molecular weight is 317 g/mol. The Morgan fingerprint density at radius 2 is 2.16 bits per heavy atom. The number of fused-ring (bicyclic) bond motifs is 1. The van der Waals surface area contributed by atoms with Crippen LogP contribution in [0, 0.1) is 0 Å². The Hall–Kier alpha value is -2.21. The van der Waals surface area contributed by atoms with Crippen LogP contribution in [-0.4, -0.2) is 21.4 Å². The maximum absolute atomic E-state index is 10.4. The Morgan fingerprint density at radius 3 is 2.95 bits per heavy atom. The van der Waals surface area contributed by atoms with E-state index < -0.39 is 0 Å². The Labute approximate surface area is 117 Å². The minimum absolute atomic E-state index is 0.649. The lowest BCUT2D eigenvalue weighted by Gasteiger charge is -1.96. The van der Waals surface area contributed by atoms with E-state index in [0.29, 0.717) is 6.41 Å². The van der Waals surface area contributed by atoms with Gasteiger partial charge in [-0.15, -0.1) is 0 Å². The van der Waals surface area contributed by atoms with Gasteiger partial charge in [-0.25, -0.2) is 4.98 Å². The molecule has 2 heterocycles. The zero-order valence-electron chi connectivity index (χ0n) is 9.72. The monoisotopic (exact) mass is 316 g/mol. The van der Waals surface area contributed by atoms with Gasteiger partial charge in [0.1, 0.15) is 5.82 Å². The minimum Gasteiger partial charge on any atom is -0.338 e. The van der Waals surface area contributed by atoms with Crippen molar-refractivity contribution in [2.24, 2.45) is 0 Å². The van der Waals surface area contributed by atoms with Crippen molar-refractivity contribution in [3.05, 3.63) is 41.1 Å². The van der Waals surface area contributed by atoms with Gasteiger partial charge in [0.05, 0.1) is 11.0 Å². The molecule has 6 heteroatoms. The van der Waals surface area contributed by atoms with E-state index in [2.05, 4.69) is 36.2 Å². The summed E-state index contributed by atoms with van der Waals surface area (Å²) in [5.41, 5.74) is 3.33. The Bertz CT molecular complexity index is 753. The van der Waals surface area contributed by atoms with E-state index in [1.807, 2.05) is 18.2 Å². The number of hydrogen-bond donors (Lipinski definition) is 2. The quantitative estimate of drug-likeness (QED) is 0.730. The SMILES string of the molecule is O=CNc1ccc2nc(-c3cncc(Br)c3)[nH]c2c1. The van der Waals surface area contributed by atoms with Crippen LogP contribution in [0.5, 0.6) is 0 Å². The molecule has 2 N–H and O–H groups in total. The number of nitrogens with one attached hydrogen (secondary N) is 2. The second-order valence-corrected chi connectivity index (χ2v) is 4.89. The molecule has 0 saturated carbocycles. The van der Waals surface area contributed by atoms with Crippen LogP contribution in [0.2, 0.25) is 0 Å². The first-order chi connectivity index (χ1) is 9.26. The number of aromatic amines is 1. The number of imidazole rings is 1. The molecule has 3 aromatic rings. The summed E-state index contributed by atoms with van der Waals surface area (Å²) in [5.74, 6) is 0.743. The number of halogens is 1. The summed E-state index contributed by atoms with van der Waals surface area (Å²) < 4.78 is 0.897. The van der Waals surface area contributed by atoms with Crippen LogP contribution >= 0.6 is 15.9 Å². The van der Waals surface area contributed by atoms with Gasteiger partial charge in [-0.1, -0.05) is 0 Å². The molecular weight excluding hydrogens is 308 g/mol. The number of H-pyrrole nitrogens is 1. The van der Waals surface area contributed by atoms with E-state index in [1.165, 1.54) is 0 Å². The normalized spacial score (nSPS) is 10.6. The Kier molecular flexibility index (Phi) is 3.00. The van der Waals surface area contributed by atoms with Crippen molar-refractivity contribution in [1.29, 1.82) is 0 Å². The summed E-state index contributed by atoms with van der Waals surface area (Å²) >= 11 is 3.38. The van der Waals surface area contributed by atoms with Crippen LogP contribution in [0.25, 0.3) is 22.4 Å². The van der Waals surface area contributed by atoms with E-state index >= 15 is 0 Å². The van der Waals surface area contributed by atoms with Gasteiger partial charge in [-0.05, 0) is 40.2 Å². The van der Waals surface area contributed by atoms with Crippen LogP contribution < -0.4 is 5.32 Å². The van der Waals surface area contributed by atoms with Gasteiger partial charge in [-0.2, -0.15) is 0 Å². The fraction of sp³-hybridized carbons (Fsp3) is 0. The second kappa shape index (κ2) is 4.81. The van der Waals surface area contributed by atoms with Crippen molar-refractivity contribution in [3.63, 3.8) is 0 Å².